The molecule has 4 heteroatoms. The number of nitrogens with one attached hydrogen (secondary N) is 1. The second kappa shape index (κ2) is 6.02. The summed E-state index contributed by atoms with van der Waals surface area (Å²) in [6, 6.07) is 5.83. The Kier molecular flexibility index (Phi) is 4.13. The van der Waals surface area contributed by atoms with E-state index in [1.807, 2.05) is 18.2 Å². The molecule has 110 valence electrons. The molecule has 20 heavy (non-hydrogen) atoms. The number of hydrogen-bond donors (Lipinski definition) is 2. The zero-order valence-corrected chi connectivity index (χ0v) is 12.0. The fourth-order valence-corrected chi connectivity index (χ4v) is 2.89. The van der Waals surface area contributed by atoms with E-state index in [1.54, 1.807) is 0 Å². The van der Waals surface area contributed by atoms with Crippen molar-refractivity contribution in [3.63, 3.8) is 0 Å². The Bertz CT molecular complexity index is 457. The quantitative estimate of drug-likeness (QED) is 0.869. The van der Waals surface area contributed by atoms with Crippen molar-refractivity contribution in [2.24, 2.45) is 11.8 Å². The highest BCUT2D eigenvalue weighted by atomic mass is 16.5. The summed E-state index contributed by atoms with van der Waals surface area (Å²) in [7, 11) is 0. The molecular formula is C16H23NO3. The van der Waals surface area contributed by atoms with Crippen LogP contribution in [0, 0.1) is 11.8 Å². The third kappa shape index (κ3) is 2.91. The molecule has 1 fully saturated rings. The Morgan fingerprint density at radius 3 is 2.60 bits per heavy atom. The van der Waals surface area contributed by atoms with Crippen LogP contribution in [-0.4, -0.2) is 31.4 Å². The molecule has 2 aliphatic rings. The van der Waals surface area contributed by atoms with Gasteiger partial charge in [0, 0.05) is 5.92 Å². The summed E-state index contributed by atoms with van der Waals surface area (Å²) >= 11 is 0. The van der Waals surface area contributed by atoms with Gasteiger partial charge in [0.2, 0.25) is 0 Å². The molecule has 2 N–H and O–H groups in total. The molecule has 2 aliphatic heterocycles. The third-order valence-corrected chi connectivity index (χ3v) is 4.19. The molecule has 2 unspecified atom stereocenters. The first-order valence-corrected chi connectivity index (χ1v) is 7.52. The minimum atomic E-state index is -0.410. The number of piperidine rings is 1. The van der Waals surface area contributed by atoms with Crippen LogP contribution in [0.25, 0.3) is 0 Å². The second-order valence-corrected chi connectivity index (χ2v) is 5.97. The van der Waals surface area contributed by atoms with Crippen LogP contribution >= 0.6 is 0 Å². The zero-order chi connectivity index (χ0) is 13.9. The second-order valence-electron chi connectivity index (χ2n) is 5.97. The van der Waals surface area contributed by atoms with E-state index in [0.29, 0.717) is 25.0 Å². The maximum Gasteiger partial charge on any atom is 0.161 e. The Morgan fingerprint density at radius 1 is 1.15 bits per heavy atom. The molecule has 2 heterocycles. The summed E-state index contributed by atoms with van der Waals surface area (Å²) in [4.78, 5) is 0. The van der Waals surface area contributed by atoms with Crippen LogP contribution < -0.4 is 14.8 Å². The van der Waals surface area contributed by atoms with Crippen molar-refractivity contribution in [1.82, 2.24) is 5.32 Å². The van der Waals surface area contributed by atoms with Gasteiger partial charge in [0.25, 0.3) is 0 Å². The zero-order valence-electron chi connectivity index (χ0n) is 12.0. The summed E-state index contributed by atoms with van der Waals surface area (Å²) < 4.78 is 11.5. The first kappa shape index (κ1) is 13.7. The maximum atomic E-state index is 10.5. The largest absolute Gasteiger partial charge is 0.489 e. The van der Waals surface area contributed by atoms with Gasteiger partial charge in [0.1, 0.15) is 0 Å². The van der Waals surface area contributed by atoms with Crippen molar-refractivity contribution in [3.05, 3.63) is 23.8 Å². The number of rotatable bonds is 2. The van der Waals surface area contributed by atoms with Crippen molar-refractivity contribution in [2.75, 3.05) is 26.3 Å². The summed E-state index contributed by atoms with van der Waals surface area (Å²) in [6.07, 6.45) is 1.63. The molecule has 2 atom stereocenters. The Balaban J connectivity index is 1.77. The van der Waals surface area contributed by atoms with Gasteiger partial charge < -0.3 is 19.9 Å². The fraction of sp³-hybridized carbons (Fsp3) is 0.625. The van der Waals surface area contributed by atoms with Gasteiger partial charge in [0.05, 0.1) is 19.3 Å². The molecule has 0 aromatic heterocycles. The monoisotopic (exact) mass is 277 g/mol. The highest BCUT2D eigenvalue weighted by Gasteiger charge is 2.24. The predicted octanol–water partition coefficient (Wildman–Crippen LogP) is 2.13. The predicted molar refractivity (Wildman–Crippen MR) is 77.1 cm³/mol. The van der Waals surface area contributed by atoms with Gasteiger partial charge >= 0.3 is 0 Å². The smallest absolute Gasteiger partial charge is 0.161 e. The van der Waals surface area contributed by atoms with Crippen LogP contribution in [0.5, 0.6) is 11.5 Å². The lowest BCUT2D eigenvalue weighted by atomic mass is 9.88. The SMILES string of the molecule is CC1COc2ccc(C(O)C3CCNCC3)cc2OC1. The molecule has 0 spiro atoms. The maximum absolute atomic E-state index is 10.5. The summed E-state index contributed by atoms with van der Waals surface area (Å²) in [5.74, 6) is 2.27. The topological polar surface area (TPSA) is 50.7 Å². The van der Waals surface area contributed by atoms with Gasteiger partial charge in [-0.1, -0.05) is 13.0 Å². The summed E-state index contributed by atoms with van der Waals surface area (Å²) in [6.45, 7) is 5.44. The van der Waals surface area contributed by atoms with E-state index in [2.05, 4.69) is 12.2 Å². The van der Waals surface area contributed by atoms with E-state index < -0.39 is 6.10 Å². The highest BCUT2D eigenvalue weighted by Crippen LogP contribution is 2.36. The van der Waals surface area contributed by atoms with Crippen LogP contribution in [0.1, 0.15) is 31.4 Å². The number of ether oxygens (including phenoxy) is 2. The van der Waals surface area contributed by atoms with E-state index in [1.165, 1.54) is 0 Å². The molecule has 3 rings (SSSR count). The molecule has 1 aromatic carbocycles. The molecule has 0 radical (unpaired) electrons. The number of fused-ring (bicyclic) bond motifs is 1. The summed E-state index contributed by atoms with van der Waals surface area (Å²) in [5.41, 5.74) is 0.939. The summed E-state index contributed by atoms with van der Waals surface area (Å²) in [5, 5.41) is 13.9. The van der Waals surface area contributed by atoms with Gasteiger partial charge in [-0.25, -0.2) is 0 Å². The number of aliphatic hydroxyl groups is 1. The lowest BCUT2D eigenvalue weighted by Crippen LogP contribution is -2.30. The van der Waals surface area contributed by atoms with Crippen LogP contribution in [0.4, 0.5) is 0 Å². The van der Waals surface area contributed by atoms with Gasteiger partial charge in [-0.15, -0.1) is 0 Å². The van der Waals surface area contributed by atoms with Crippen LogP contribution in [0.15, 0.2) is 18.2 Å². The lowest BCUT2D eigenvalue weighted by Gasteiger charge is -2.27. The van der Waals surface area contributed by atoms with Crippen molar-refractivity contribution in [3.8, 4) is 11.5 Å². The lowest BCUT2D eigenvalue weighted by molar-refractivity contribution is 0.0886. The number of aliphatic hydroxyl groups excluding tert-OH is 1. The molecule has 0 saturated carbocycles. The van der Waals surface area contributed by atoms with E-state index in [-0.39, 0.29) is 0 Å². The van der Waals surface area contributed by atoms with Crippen molar-refractivity contribution < 1.29 is 14.6 Å². The van der Waals surface area contributed by atoms with Crippen LogP contribution in [0.2, 0.25) is 0 Å². The third-order valence-electron chi connectivity index (χ3n) is 4.19. The van der Waals surface area contributed by atoms with Gasteiger partial charge in [-0.2, -0.15) is 0 Å². The molecule has 4 nitrogen and oxygen atoms in total. The highest BCUT2D eigenvalue weighted by molar-refractivity contribution is 5.44. The Hall–Kier alpha value is -1.26. The Labute approximate surface area is 120 Å². The standard InChI is InChI=1S/C16H23NO3/c1-11-9-19-14-3-2-13(8-15(14)20-10-11)16(18)12-4-6-17-7-5-12/h2-3,8,11-12,16-18H,4-7,9-10H2,1H3. The van der Waals surface area contributed by atoms with Gasteiger partial charge in [-0.05, 0) is 49.5 Å². The van der Waals surface area contributed by atoms with Crippen molar-refractivity contribution in [1.29, 1.82) is 0 Å². The van der Waals surface area contributed by atoms with Crippen molar-refractivity contribution in [2.45, 2.75) is 25.9 Å². The Morgan fingerprint density at radius 2 is 1.85 bits per heavy atom. The molecule has 1 aromatic rings. The van der Waals surface area contributed by atoms with E-state index in [0.717, 1.165) is 43.0 Å². The van der Waals surface area contributed by atoms with Gasteiger partial charge in [0.15, 0.2) is 11.5 Å². The average molecular weight is 277 g/mol. The van der Waals surface area contributed by atoms with E-state index >= 15 is 0 Å². The van der Waals surface area contributed by atoms with Gasteiger partial charge in [-0.3, -0.25) is 0 Å². The fourth-order valence-electron chi connectivity index (χ4n) is 2.89. The first-order valence-electron chi connectivity index (χ1n) is 7.52. The molecule has 0 aliphatic carbocycles. The average Bonchev–Trinajstić information content (AvgIpc) is 2.69. The number of hydrogen-bond acceptors (Lipinski definition) is 4. The normalized spacial score (nSPS) is 25.0. The molecule has 1 saturated heterocycles. The van der Waals surface area contributed by atoms with E-state index in [4.69, 9.17) is 9.47 Å². The first-order chi connectivity index (χ1) is 9.74. The molecular weight excluding hydrogens is 254 g/mol. The number of benzene rings is 1. The van der Waals surface area contributed by atoms with Crippen molar-refractivity contribution >= 4 is 0 Å². The molecule has 0 amide bonds. The minimum absolute atomic E-state index is 0.333. The van der Waals surface area contributed by atoms with Crippen LogP contribution in [-0.2, 0) is 0 Å². The minimum Gasteiger partial charge on any atom is -0.489 e. The van der Waals surface area contributed by atoms with E-state index in [9.17, 15) is 5.11 Å². The van der Waals surface area contributed by atoms with Crippen LogP contribution in [0.3, 0.4) is 0 Å². The molecule has 0 bridgehead atoms.